The molecule has 0 aromatic heterocycles. The summed E-state index contributed by atoms with van der Waals surface area (Å²) in [5, 5.41) is 0. The zero-order chi connectivity index (χ0) is 36.5. The van der Waals surface area contributed by atoms with Gasteiger partial charge in [0.25, 0.3) is 7.82 Å². The first kappa shape index (κ1) is 46.7. The third kappa shape index (κ3) is 35.3. The largest absolute Gasteiger partial charge is 0.756 e. The summed E-state index contributed by atoms with van der Waals surface area (Å²) in [4.78, 5) is 37.2. The number of phosphoric ester groups is 1. The van der Waals surface area contributed by atoms with Crippen LogP contribution in [0.15, 0.2) is 60.8 Å². The number of carbonyl (C=O) groups excluding carboxylic acids is 2. The van der Waals surface area contributed by atoms with Crippen molar-refractivity contribution in [3.8, 4) is 0 Å². The highest BCUT2D eigenvalue weighted by Crippen LogP contribution is 2.38. The number of likely N-dealkylation sites (N-methyl/N-ethyl adjacent to an activating group) is 1. The van der Waals surface area contributed by atoms with Crippen molar-refractivity contribution >= 4 is 19.8 Å². The molecule has 0 amide bonds. The first-order chi connectivity index (χ1) is 23.5. The molecule has 0 N–H and O–H groups in total. The molecule has 0 spiro atoms. The number of phosphoric acid groups is 1. The van der Waals surface area contributed by atoms with Crippen molar-refractivity contribution in [2.75, 3.05) is 47.5 Å². The zero-order valence-corrected chi connectivity index (χ0v) is 32.3. The molecule has 0 aromatic rings. The van der Waals surface area contributed by atoms with Crippen LogP contribution < -0.4 is 4.89 Å². The second-order valence-corrected chi connectivity index (χ2v) is 14.6. The Morgan fingerprint density at radius 1 is 0.653 bits per heavy atom. The summed E-state index contributed by atoms with van der Waals surface area (Å²) in [7, 11) is 1.12. The fourth-order valence-electron chi connectivity index (χ4n) is 4.39. The number of ether oxygens (including phenoxy) is 2. The smallest absolute Gasteiger partial charge is 0.306 e. The minimum Gasteiger partial charge on any atom is -0.756 e. The first-order valence-corrected chi connectivity index (χ1v) is 20.0. The van der Waals surface area contributed by atoms with Gasteiger partial charge in [0.2, 0.25) is 0 Å². The van der Waals surface area contributed by atoms with Crippen molar-refractivity contribution in [3.05, 3.63) is 60.8 Å². The highest BCUT2D eigenvalue weighted by Gasteiger charge is 2.21. The Morgan fingerprint density at radius 2 is 1.16 bits per heavy atom. The zero-order valence-electron chi connectivity index (χ0n) is 31.4. The van der Waals surface area contributed by atoms with Crippen LogP contribution in [0.5, 0.6) is 0 Å². The number of hydrogen-bond donors (Lipinski definition) is 0. The van der Waals surface area contributed by atoms with Gasteiger partial charge >= 0.3 is 11.9 Å². The van der Waals surface area contributed by atoms with Crippen LogP contribution in [-0.2, 0) is 32.7 Å². The number of allylic oxidation sites excluding steroid dienone is 10. The number of quaternary nitrogens is 1. The predicted octanol–water partition coefficient (Wildman–Crippen LogP) is 9.10. The molecule has 2 atom stereocenters. The van der Waals surface area contributed by atoms with Gasteiger partial charge in [0.15, 0.2) is 6.10 Å². The summed E-state index contributed by atoms with van der Waals surface area (Å²) >= 11 is 0. The van der Waals surface area contributed by atoms with Crippen LogP contribution in [0.2, 0.25) is 0 Å². The molecule has 0 saturated carbocycles. The van der Waals surface area contributed by atoms with Gasteiger partial charge in [0, 0.05) is 12.8 Å². The van der Waals surface area contributed by atoms with E-state index in [1.807, 2.05) is 27.2 Å². The van der Waals surface area contributed by atoms with Gasteiger partial charge in [-0.05, 0) is 51.4 Å². The van der Waals surface area contributed by atoms with Gasteiger partial charge in [-0.25, -0.2) is 0 Å². The second kappa shape index (κ2) is 31.7. The van der Waals surface area contributed by atoms with Crippen molar-refractivity contribution in [2.45, 2.75) is 129 Å². The molecule has 0 fully saturated rings. The van der Waals surface area contributed by atoms with E-state index in [9.17, 15) is 19.0 Å². The van der Waals surface area contributed by atoms with E-state index in [1.54, 1.807) is 0 Å². The number of rotatable bonds is 32. The van der Waals surface area contributed by atoms with E-state index >= 15 is 0 Å². The molecular weight excluding hydrogens is 641 g/mol. The maximum atomic E-state index is 12.5. The van der Waals surface area contributed by atoms with Crippen LogP contribution >= 0.6 is 7.82 Å². The Labute approximate surface area is 298 Å². The van der Waals surface area contributed by atoms with E-state index in [-0.39, 0.29) is 26.1 Å². The molecule has 0 bridgehead atoms. The minimum atomic E-state index is -4.63. The molecule has 282 valence electrons. The van der Waals surface area contributed by atoms with Gasteiger partial charge in [0.05, 0.1) is 27.7 Å². The van der Waals surface area contributed by atoms with E-state index in [0.717, 1.165) is 57.8 Å². The highest BCUT2D eigenvalue weighted by atomic mass is 31.2. The molecule has 0 heterocycles. The number of unbranched alkanes of at least 4 members (excludes halogenated alkanes) is 8. The van der Waals surface area contributed by atoms with Crippen molar-refractivity contribution in [2.24, 2.45) is 0 Å². The highest BCUT2D eigenvalue weighted by molar-refractivity contribution is 7.45. The topological polar surface area (TPSA) is 111 Å². The summed E-state index contributed by atoms with van der Waals surface area (Å²) in [6.07, 6.45) is 35.6. The summed E-state index contributed by atoms with van der Waals surface area (Å²) in [5.41, 5.74) is 0. The predicted molar refractivity (Wildman–Crippen MR) is 199 cm³/mol. The lowest BCUT2D eigenvalue weighted by Crippen LogP contribution is -2.37. The van der Waals surface area contributed by atoms with E-state index in [4.69, 9.17) is 18.5 Å². The van der Waals surface area contributed by atoms with E-state index in [0.29, 0.717) is 23.9 Å². The van der Waals surface area contributed by atoms with Gasteiger partial charge in [-0.2, -0.15) is 0 Å². The number of nitrogens with zero attached hydrogens (tertiary/aromatic N) is 1. The summed E-state index contributed by atoms with van der Waals surface area (Å²) in [5.74, 6) is -0.915. The van der Waals surface area contributed by atoms with Gasteiger partial charge in [-0.1, -0.05) is 120 Å². The SMILES string of the molecule is CC/C=C/C/C=C/C/C=C/C/C=C/C/C=C/CCCC(=O)OC[C@@H](COP(=O)([O-])OCC[N+](C)(C)C)OC(=O)CCCCCCCCCC. The number of esters is 2. The monoisotopic (exact) mass is 709 g/mol. The third-order valence-electron chi connectivity index (χ3n) is 7.30. The van der Waals surface area contributed by atoms with Gasteiger partial charge < -0.3 is 27.9 Å². The Balaban J connectivity index is 4.51. The Bertz CT molecular complexity index is 1030. The molecule has 1 unspecified atom stereocenters. The van der Waals surface area contributed by atoms with Crippen LogP contribution in [0.4, 0.5) is 0 Å². The van der Waals surface area contributed by atoms with Gasteiger partial charge in [-0.3, -0.25) is 14.2 Å². The summed E-state index contributed by atoms with van der Waals surface area (Å²) in [6.45, 7) is 3.97. The lowest BCUT2D eigenvalue weighted by Gasteiger charge is -2.28. The first-order valence-electron chi connectivity index (χ1n) is 18.5. The molecule has 0 rings (SSSR count). The van der Waals surface area contributed by atoms with Crippen molar-refractivity contribution in [1.29, 1.82) is 0 Å². The minimum absolute atomic E-state index is 0.0416. The standard InChI is InChI=1S/C39H68NO8P/c1-6-8-10-12-14-16-17-18-19-20-21-22-23-24-26-27-29-31-38(41)45-35-37(36-47-49(43,44)46-34-33-40(3,4)5)48-39(42)32-30-28-25-15-13-11-9-7-2/h8,10,14,16,18-19,21-22,24,26,37H,6-7,9,11-13,15,17,20,23,25,27-36H2,1-5H3/b10-8+,16-14+,19-18+,22-21+,26-24+/t37-/m0/s1. The fraction of sp³-hybridized carbons (Fsp3) is 0.692. The van der Waals surface area contributed by atoms with Gasteiger partial charge in [-0.15, -0.1) is 0 Å². The molecule has 0 aliphatic rings. The Morgan fingerprint density at radius 3 is 1.71 bits per heavy atom. The van der Waals surface area contributed by atoms with Crippen molar-refractivity contribution < 1.29 is 42.1 Å². The third-order valence-corrected chi connectivity index (χ3v) is 8.27. The molecule has 9 nitrogen and oxygen atoms in total. The molecular formula is C39H68NO8P. The van der Waals surface area contributed by atoms with E-state index < -0.39 is 32.5 Å². The second-order valence-electron chi connectivity index (χ2n) is 13.2. The Kier molecular flexibility index (Phi) is 30.2. The van der Waals surface area contributed by atoms with Crippen LogP contribution in [0.1, 0.15) is 123 Å². The normalized spacial score (nSPS) is 14.5. The average Bonchev–Trinajstić information content (AvgIpc) is 3.04. The quantitative estimate of drug-likeness (QED) is 0.0224. The summed E-state index contributed by atoms with van der Waals surface area (Å²) < 4.78 is 33.6. The van der Waals surface area contributed by atoms with Gasteiger partial charge in [0.1, 0.15) is 19.8 Å². The molecule has 0 aliphatic carbocycles. The van der Waals surface area contributed by atoms with Crippen LogP contribution in [-0.4, -0.2) is 70.0 Å². The molecule has 10 heteroatoms. The van der Waals surface area contributed by atoms with Crippen LogP contribution in [0.3, 0.4) is 0 Å². The lowest BCUT2D eigenvalue weighted by molar-refractivity contribution is -0.870. The molecule has 49 heavy (non-hydrogen) atoms. The molecule has 0 saturated heterocycles. The van der Waals surface area contributed by atoms with Crippen molar-refractivity contribution in [1.82, 2.24) is 0 Å². The lowest BCUT2D eigenvalue weighted by atomic mass is 10.1. The maximum absolute atomic E-state index is 12.5. The van der Waals surface area contributed by atoms with Crippen molar-refractivity contribution in [3.63, 3.8) is 0 Å². The fourth-order valence-corrected chi connectivity index (χ4v) is 5.12. The summed E-state index contributed by atoms with van der Waals surface area (Å²) in [6, 6.07) is 0. The Hall–Kier alpha value is -2.29. The average molecular weight is 710 g/mol. The number of carbonyl (C=O) groups is 2. The molecule has 0 aliphatic heterocycles. The van der Waals surface area contributed by atoms with Crippen LogP contribution in [0, 0.1) is 0 Å². The van der Waals surface area contributed by atoms with Crippen LogP contribution in [0.25, 0.3) is 0 Å². The maximum Gasteiger partial charge on any atom is 0.306 e. The number of hydrogen-bond acceptors (Lipinski definition) is 8. The molecule has 0 aromatic carbocycles. The molecule has 0 radical (unpaired) electrons. The van der Waals surface area contributed by atoms with E-state index in [1.165, 1.54) is 25.7 Å². The van der Waals surface area contributed by atoms with E-state index in [2.05, 4.69) is 68.5 Å².